The smallest absolute Gasteiger partial charge is 0.123 e. The van der Waals surface area contributed by atoms with Crippen LogP contribution in [-0.4, -0.2) is 30.0 Å². The Morgan fingerprint density at radius 3 is 2.13 bits per heavy atom. The maximum absolute atomic E-state index is 2.34. The van der Waals surface area contributed by atoms with Gasteiger partial charge in [0.2, 0.25) is 0 Å². The van der Waals surface area contributed by atoms with Crippen molar-refractivity contribution in [3.8, 4) is 0 Å². The number of pyridine rings is 1. The van der Waals surface area contributed by atoms with E-state index in [4.69, 9.17) is 0 Å². The van der Waals surface area contributed by atoms with Crippen LogP contribution in [0.3, 0.4) is 0 Å². The van der Waals surface area contributed by atoms with Crippen molar-refractivity contribution >= 4 is 5.52 Å². The van der Waals surface area contributed by atoms with E-state index in [0.29, 0.717) is 12.0 Å². The third-order valence-corrected chi connectivity index (χ3v) is 4.55. The van der Waals surface area contributed by atoms with Gasteiger partial charge in [0.05, 0.1) is 26.7 Å². The zero-order chi connectivity index (χ0) is 15.7. The summed E-state index contributed by atoms with van der Waals surface area (Å²) in [7, 11) is 6.86. The summed E-state index contributed by atoms with van der Waals surface area (Å²) in [6.45, 7) is 2.34. The quantitative estimate of drug-likeness (QED) is 0.611. The van der Waals surface area contributed by atoms with Crippen LogP contribution in [0.15, 0.2) is 67.0 Å². The van der Waals surface area contributed by atoms with Gasteiger partial charge in [0.25, 0.3) is 0 Å². The van der Waals surface area contributed by atoms with Gasteiger partial charge < -0.3 is 25.9 Å². The maximum atomic E-state index is 2.34. The van der Waals surface area contributed by atoms with Gasteiger partial charge in [-0.15, -0.1) is 0 Å². The highest BCUT2D eigenvalue weighted by atomic mass is 79.9. The van der Waals surface area contributed by atoms with Crippen LogP contribution in [0.1, 0.15) is 30.0 Å². The van der Waals surface area contributed by atoms with E-state index in [1.807, 2.05) is 0 Å². The Hall–Kier alpha value is -1.58. The second-order valence-electron chi connectivity index (χ2n) is 7.02. The van der Waals surface area contributed by atoms with Crippen LogP contribution in [0.25, 0.3) is 5.52 Å². The second kappa shape index (κ2) is 6.90. The Kier molecular flexibility index (Phi) is 5.33. The highest BCUT2D eigenvalue weighted by Gasteiger charge is 2.34. The summed E-state index contributed by atoms with van der Waals surface area (Å²) in [6, 6.07) is 20.0. The van der Waals surface area contributed by atoms with E-state index in [-0.39, 0.29) is 17.0 Å². The molecule has 0 saturated carbocycles. The van der Waals surface area contributed by atoms with Gasteiger partial charge >= 0.3 is 0 Å². The highest BCUT2D eigenvalue weighted by Crippen LogP contribution is 2.39. The predicted octanol–water partition coefficient (Wildman–Crippen LogP) is 1.49. The van der Waals surface area contributed by atoms with Gasteiger partial charge in [-0.25, -0.2) is 0 Å². The summed E-state index contributed by atoms with van der Waals surface area (Å²) in [4.78, 5) is 0. The number of hydrogen-bond donors (Lipinski definition) is 0. The molecule has 122 valence electrons. The number of benzene rings is 1. The van der Waals surface area contributed by atoms with E-state index in [9.17, 15) is 0 Å². The van der Waals surface area contributed by atoms with Crippen molar-refractivity contribution in [2.24, 2.45) is 0 Å². The maximum Gasteiger partial charge on any atom is 0.123 e. The number of nitrogens with zero attached hydrogens (tertiary/aromatic N) is 2. The summed E-state index contributed by atoms with van der Waals surface area (Å²) in [6.07, 6.45) is 4.30. The fourth-order valence-corrected chi connectivity index (χ4v) is 3.62. The van der Waals surface area contributed by atoms with Gasteiger partial charge in [-0.2, -0.15) is 0 Å². The molecule has 2 heterocycles. The lowest BCUT2D eigenvalue weighted by molar-refractivity contribution is -0.903. The lowest BCUT2D eigenvalue weighted by Gasteiger charge is -2.38. The number of hydrogen-bond acceptors (Lipinski definition) is 0. The molecule has 0 saturated heterocycles. The molecule has 3 aromatic rings. The van der Waals surface area contributed by atoms with Crippen LogP contribution in [-0.2, 0) is 0 Å². The Morgan fingerprint density at radius 1 is 0.826 bits per heavy atom. The summed E-state index contributed by atoms with van der Waals surface area (Å²) in [5, 5.41) is 0. The third-order valence-electron chi connectivity index (χ3n) is 4.55. The van der Waals surface area contributed by atoms with Gasteiger partial charge in [0, 0.05) is 23.9 Å². The van der Waals surface area contributed by atoms with Gasteiger partial charge in [0.1, 0.15) is 6.04 Å². The normalized spacial score (nSPS) is 14.3. The molecule has 0 amide bonds. The fourth-order valence-electron chi connectivity index (χ4n) is 3.62. The SMILES string of the molecule is CC(c1ccccc1)C(c1ccn2ccccc12)[N+](C)(C)C.[Br-]. The first kappa shape index (κ1) is 17.8. The first-order chi connectivity index (χ1) is 10.5. The molecule has 0 radical (unpaired) electrons. The van der Waals surface area contributed by atoms with Crippen molar-refractivity contribution in [1.82, 2.24) is 4.40 Å². The molecule has 0 aliphatic rings. The Labute approximate surface area is 149 Å². The number of likely N-dealkylation sites (N-methyl/N-ethyl adjacent to an activating group) is 1. The van der Waals surface area contributed by atoms with Gasteiger partial charge in [-0.05, 0) is 23.8 Å². The van der Waals surface area contributed by atoms with Crippen molar-refractivity contribution in [2.75, 3.05) is 21.1 Å². The highest BCUT2D eigenvalue weighted by molar-refractivity contribution is 5.57. The number of halogens is 1. The first-order valence-electron chi connectivity index (χ1n) is 7.90. The molecule has 2 unspecified atom stereocenters. The zero-order valence-corrected chi connectivity index (χ0v) is 15.9. The standard InChI is InChI=1S/C20H25N2.BrH/c1-16(17-10-6-5-7-11-17)20(22(2,3)4)18-13-15-21-14-9-8-12-19(18)21;/h5-16,20H,1-4H3;1H/q+1;/p-1. The van der Waals surface area contributed by atoms with Crippen molar-refractivity contribution in [3.05, 3.63) is 78.1 Å². The van der Waals surface area contributed by atoms with Crippen LogP contribution >= 0.6 is 0 Å². The van der Waals surface area contributed by atoms with E-state index in [2.05, 4.69) is 99.5 Å². The van der Waals surface area contributed by atoms with E-state index >= 15 is 0 Å². The molecule has 2 nitrogen and oxygen atoms in total. The topological polar surface area (TPSA) is 4.41 Å². The lowest BCUT2D eigenvalue weighted by atomic mass is 9.87. The Bertz CT molecular complexity index is 756. The van der Waals surface area contributed by atoms with Crippen LogP contribution < -0.4 is 17.0 Å². The van der Waals surface area contributed by atoms with E-state index in [1.54, 1.807) is 0 Å². The third kappa shape index (κ3) is 3.51. The molecule has 3 rings (SSSR count). The average Bonchev–Trinajstić information content (AvgIpc) is 2.91. The Balaban J connectivity index is 0.00000192. The van der Waals surface area contributed by atoms with E-state index in [0.717, 1.165) is 4.48 Å². The predicted molar refractivity (Wildman–Crippen MR) is 93.0 cm³/mol. The van der Waals surface area contributed by atoms with Crippen molar-refractivity contribution in [2.45, 2.75) is 18.9 Å². The lowest BCUT2D eigenvalue weighted by Crippen LogP contribution is -3.00. The van der Waals surface area contributed by atoms with Gasteiger partial charge in [-0.1, -0.05) is 43.3 Å². The first-order valence-corrected chi connectivity index (χ1v) is 7.90. The summed E-state index contributed by atoms with van der Waals surface area (Å²) in [5.41, 5.74) is 4.13. The fraction of sp³-hybridized carbons (Fsp3) is 0.300. The van der Waals surface area contributed by atoms with Crippen LogP contribution in [0.2, 0.25) is 0 Å². The molecule has 0 N–H and O–H groups in total. The van der Waals surface area contributed by atoms with Crippen LogP contribution in [0.5, 0.6) is 0 Å². The number of rotatable bonds is 4. The molecule has 1 aromatic carbocycles. The average molecular weight is 373 g/mol. The number of fused-ring (bicyclic) bond motifs is 1. The number of aromatic nitrogens is 1. The monoisotopic (exact) mass is 372 g/mol. The van der Waals surface area contributed by atoms with Gasteiger partial charge in [-0.3, -0.25) is 0 Å². The molecule has 0 aliphatic heterocycles. The van der Waals surface area contributed by atoms with E-state index in [1.165, 1.54) is 16.6 Å². The number of quaternary nitrogens is 1. The summed E-state index contributed by atoms with van der Waals surface area (Å²) >= 11 is 0. The molecule has 0 fully saturated rings. The van der Waals surface area contributed by atoms with E-state index < -0.39 is 0 Å². The molecule has 2 aromatic heterocycles. The van der Waals surface area contributed by atoms with Crippen LogP contribution in [0.4, 0.5) is 0 Å². The Morgan fingerprint density at radius 2 is 1.48 bits per heavy atom. The van der Waals surface area contributed by atoms with Crippen molar-refractivity contribution in [1.29, 1.82) is 0 Å². The molecule has 23 heavy (non-hydrogen) atoms. The second-order valence-corrected chi connectivity index (χ2v) is 7.02. The van der Waals surface area contributed by atoms with Gasteiger partial charge in [0.15, 0.2) is 0 Å². The van der Waals surface area contributed by atoms with Crippen LogP contribution in [0, 0.1) is 0 Å². The molecule has 3 heteroatoms. The van der Waals surface area contributed by atoms with Crippen molar-refractivity contribution in [3.63, 3.8) is 0 Å². The molecule has 2 atom stereocenters. The molecule has 0 aliphatic carbocycles. The molecular weight excluding hydrogens is 348 g/mol. The summed E-state index contributed by atoms with van der Waals surface area (Å²) in [5.74, 6) is 0.451. The molecule has 0 bridgehead atoms. The molecular formula is C20H25BrN2. The minimum Gasteiger partial charge on any atom is -1.00 e. The minimum atomic E-state index is 0. The molecule has 0 spiro atoms. The largest absolute Gasteiger partial charge is 1.00 e. The summed E-state index contributed by atoms with van der Waals surface area (Å²) < 4.78 is 3.13. The minimum absolute atomic E-state index is 0. The zero-order valence-electron chi connectivity index (χ0n) is 14.3. The van der Waals surface area contributed by atoms with Crippen molar-refractivity contribution < 1.29 is 21.5 Å².